The Kier molecular flexibility index (Phi) is 3.83. The fourth-order valence-corrected chi connectivity index (χ4v) is 1.62. The van der Waals surface area contributed by atoms with Gasteiger partial charge >= 0.3 is 6.36 Å². The van der Waals surface area contributed by atoms with Crippen molar-refractivity contribution >= 4 is 0 Å². The molecule has 0 unspecified atom stereocenters. The molecular weight excluding hydrogens is 217 g/mol. The number of benzene rings is 1. The number of rotatable bonds is 3. The Labute approximate surface area is 93.2 Å². The van der Waals surface area contributed by atoms with Gasteiger partial charge in [-0.3, -0.25) is 0 Å². The summed E-state index contributed by atoms with van der Waals surface area (Å²) >= 11 is 0. The average molecular weight is 231 g/mol. The van der Waals surface area contributed by atoms with Crippen LogP contribution >= 0.6 is 0 Å². The van der Waals surface area contributed by atoms with Crippen molar-refractivity contribution in [2.75, 3.05) is 0 Å². The molecule has 1 radical (unpaired) electrons. The minimum atomic E-state index is -4.63. The van der Waals surface area contributed by atoms with E-state index in [2.05, 4.69) is 4.74 Å². The molecule has 0 saturated carbocycles. The zero-order valence-corrected chi connectivity index (χ0v) is 9.48. The fourth-order valence-electron chi connectivity index (χ4n) is 1.62. The lowest BCUT2D eigenvalue weighted by Crippen LogP contribution is -2.18. The summed E-state index contributed by atoms with van der Waals surface area (Å²) in [6.45, 7) is 5.54. The van der Waals surface area contributed by atoms with Gasteiger partial charge in [0.05, 0.1) is 0 Å². The van der Waals surface area contributed by atoms with Crippen molar-refractivity contribution in [1.29, 1.82) is 0 Å². The third-order valence-electron chi connectivity index (χ3n) is 2.25. The largest absolute Gasteiger partial charge is 0.573 e. The highest BCUT2D eigenvalue weighted by Crippen LogP contribution is 2.31. The summed E-state index contributed by atoms with van der Waals surface area (Å²) in [5.41, 5.74) is 1.42. The van der Waals surface area contributed by atoms with Crippen LogP contribution in [0.1, 0.15) is 31.9 Å². The van der Waals surface area contributed by atoms with Crippen LogP contribution in [0.3, 0.4) is 0 Å². The number of alkyl halides is 3. The van der Waals surface area contributed by atoms with Crippen molar-refractivity contribution in [2.45, 2.75) is 33.6 Å². The average Bonchev–Trinajstić information content (AvgIpc) is 2.14. The molecule has 0 heterocycles. The van der Waals surface area contributed by atoms with Crippen molar-refractivity contribution in [2.24, 2.45) is 0 Å². The van der Waals surface area contributed by atoms with E-state index in [0.29, 0.717) is 12.0 Å². The van der Waals surface area contributed by atoms with Gasteiger partial charge in [-0.25, -0.2) is 0 Å². The van der Waals surface area contributed by atoms with E-state index in [1.807, 2.05) is 20.8 Å². The third-order valence-corrected chi connectivity index (χ3v) is 2.25. The molecule has 4 heteroatoms. The standard InChI is InChI=1S/C12H14F3O/c1-4-9-10(8(2)3)6-5-7-11(9)16-12(13,14)15/h5-7H,4H2,1-3H3. The fraction of sp³-hybridized carbons (Fsp3) is 0.417. The van der Waals surface area contributed by atoms with Crippen LogP contribution in [0.15, 0.2) is 18.2 Å². The van der Waals surface area contributed by atoms with Crippen molar-refractivity contribution in [3.8, 4) is 5.75 Å². The van der Waals surface area contributed by atoms with E-state index in [4.69, 9.17) is 0 Å². The van der Waals surface area contributed by atoms with Crippen LogP contribution < -0.4 is 4.74 Å². The van der Waals surface area contributed by atoms with E-state index in [1.165, 1.54) is 6.07 Å². The van der Waals surface area contributed by atoms with E-state index in [1.54, 1.807) is 12.1 Å². The maximum Gasteiger partial charge on any atom is 0.573 e. The van der Waals surface area contributed by atoms with Gasteiger partial charge in [-0.15, -0.1) is 13.2 Å². The van der Waals surface area contributed by atoms with Gasteiger partial charge in [0.25, 0.3) is 0 Å². The summed E-state index contributed by atoms with van der Waals surface area (Å²) in [6.07, 6.45) is -4.13. The van der Waals surface area contributed by atoms with Crippen molar-refractivity contribution in [3.05, 3.63) is 35.2 Å². The smallest absolute Gasteiger partial charge is 0.405 e. The summed E-state index contributed by atoms with van der Waals surface area (Å²) in [6, 6.07) is 4.72. The summed E-state index contributed by atoms with van der Waals surface area (Å²) in [4.78, 5) is 0. The molecule has 89 valence electrons. The molecule has 1 aromatic carbocycles. The second-order valence-electron chi connectivity index (χ2n) is 3.68. The highest BCUT2D eigenvalue weighted by molar-refractivity contribution is 5.46. The first kappa shape index (κ1) is 12.9. The first-order valence-corrected chi connectivity index (χ1v) is 5.03. The van der Waals surface area contributed by atoms with E-state index < -0.39 is 6.36 Å². The van der Waals surface area contributed by atoms with Gasteiger partial charge in [-0.1, -0.05) is 32.9 Å². The normalized spacial score (nSPS) is 11.9. The zero-order chi connectivity index (χ0) is 12.3. The maximum atomic E-state index is 12.2. The molecule has 0 bridgehead atoms. The molecule has 0 aromatic heterocycles. The first-order chi connectivity index (χ1) is 7.35. The van der Waals surface area contributed by atoms with Crippen LogP contribution in [0.5, 0.6) is 5.75 Å². The van der Waals surface area contributed by atoms with Gasteiger partial charge in [0.2, 0.25) is 0 Å². The quantitative estimate of drug-likeness (QED) is 0.760. The summed E-state index contributed by atoms with van der Waals surface area (Å²) in [7, 11) is 0. The Morgan fingerprint density at radius 3 is 2.31 bits per heavy atom. The van der Waals surface area contributed by atoms with E-state index >= 15 is 0 Å². The predicted molar refractivity (Wildman–Crippen MR) is 56.2 cm³/mol. The second kappa shape index (κ2) is 4.76. The Morgan fingerprint density at radius 2 is 1.88 bits per heavy atom. The molecule has 0 atom stereocenters. The SMILES string of the molecule is CCc1c(OC(F)(F)F)cccc1[C](C)C. The molecule has 0 fully saturated rings. The van der Waals surface area contributed by atoms with E-state index in [-0.39, 0.29) is 5.75 Å². The summed E-state index contributed by atoms with van der Waals surface area (Å²) < 4.78 is 40.5. The minimum absolute atomic E-state index is 0.103. The monoisotopic (exact) mass is 231 g/mol. The molecular formula is C12H14F3O. The third kappa shape index (κ3) is 3.15. The van der Waals surface area contributed by atoms with Crippen LogP contribution in [0.25, 0.3) is 0 Å². The zero-order valence-electron chi connectivity index (χ0n) is 9.48. The van der Waals surface area contributed by atoms with Crippen LogP contribution in [0.2, 0.25) is 0 Å². The second-order valence-corrected chi connectivity index (χ2v) is 3.68. The van der Waals surface area contributed by atoms with Gasteiger partial charge in [-0.2, -0.15) is 0 Å². The lowest BCUT2D eigenvalue weighted by Gasteiger charge is -2.17. The molecule has 0 spiro atoms. The molecule has 0 aliphatic rings. The molecule has 1 aromatic rings. The molecule has 0 amide bonds. The first-order valence-electron chi connectivity index (χ1n) is 5.03. The number of hydrogen-bond acceptors (Lipinski definition) is 1. The number of ether oxygens (including phenoxy) is 1. The highest BCUT2D eigenvalue weighted by atomic mass is 19.4. The van der Waals surface area contributed by atoms with Gasteiger partial charge in [0, 0.05) is 0 Å². The lowest BCUT2D eigenvalue weighted by atomic mass is 9.95. The van der Waals surface area contributed by atoms with E-state index in [0.717, 1.165) is 11.5 Å². The molecule has 0 aliphatic carbocycles. The lowest BCUT2D eigenvalue weighted by molar-refractivity contribution is -0.274. The maximum absolute atomic E-state index is 12.2. The van der Waals surface area contributed by atoms with Crippen LogP contribution in [0, 0.1) is 5.92 Å². The van der Waals surface area contributed by atoms with Crippen molar-refractivity contribution in [3.63, 3.8) is 0 Å². The molecule has 0 N–H and O–H groups in total. The number of halogens is 3. The molecule has 0 aliphatic heterocycles. The molecule has 0 saturated heterocycles. The van der Waals surface area contributed by atoms with Crippen molar-refractivity contribution in [1.82, 2.24) is 0 Å². The molecule has 1 nitrogen and oxygen atoms in total. The summed E-state index contributed by atoms with van der Waals surface area (Å²) in [5, 5.41) is 0. The van der Waals surface area contributed by atoms with Crippen molar-refractivity contribution < 1.29 is 17.9 Å². The van der Waals surface area contributed by atoms with Crippen LogP contribution in [-0.4, -0.2) is 6.36 Å². The summed E-state index contributed by atoms with van der Waals surface area (Å²) in [5.74, 6) is 0.873. The van der Waals surface area contributed by atoms with Gasteiger partial charge in [0.15, 0.2) is 0 Å². The van der Waals surface area contributed by atoms with Crippen LogP contribution in [-0.2, 0) is 6.42 Å². The predicted octanol–water partition coefficient (Wildman–Crippen LogP) is 4.11. The topological polar surface area (TPSA) is 9.23 Å². The molecule has 1 rings (SSSR count). The Hall–Kier alpha value is -1.19. The number of hydrogen-bond donors (Lipinski definition) is 0. The Bertz CT molecular complexity index is 356. The van der Waals surface area contributed by atoms with Gasteiger partial charge < -0.3 is 4.74 Å². The molecule has 16 heavy (non-hydrogen) atoms. The minimum Gasteiger partial charge on any atom is -0.405 e. The Balaban J connectivity index is 3.14. The van der Waals surface area contributed by atoms with Gasteiger partial charge in [-0.05, 0) is 29.5 Å². The highest BCUT2D eigenvalue weighted by Gasteiger charge is 2.32. The Morgan fingerprint density at radius 1 is 1.25 bits per heavy atom. The van der Waals surface area contributed by atoms with E-state index in [9.17, 15) is 13.2 Å². The van der Waals surface area contributed by atoms with Gasteiger partial charge in [0.1, 0.15) is 5.75 Å². The van der Waals surface area contributed by atoms with Crippen LogP contribution in [0.4, 0.5) is 13.2 Å².